The highest BCUT2D eigenvalue weighted by Gasteiger charge is 2.30. The molecule has 0 radical (unpaired) electrons. The standard InChI is InChI=1S/C12H10ClF3N2/c1-7-10(6-13)18-11(17-7)8-2-4-9(5-3-8)12(14,15)16/h2-5H,6H2,1H3,(H,17,18). The Bertz CT molecular complexity index is 543. The van der Waals surface area contributed by atoms with Crippen LogP contribution in [-0.4, -0.2) is 9.97 Å². The molecule has 0 atom stereocenters. The molecule has 0 aliphatic rings. The SMILES string of the molecule is Cc1[nH]c(-c2ccc(C(F)(F)F)cc2)nc1CCl. The number of nitrogens with zero attached hydrogens (tertiary/aromatic N) is 1. The van der Waals surface area contributed by atoms with Gasteiger partial charge in [-0.15, -0.1) is 11.6 Å². The number of H-pyrrole nitrogens is 1. The van der Waals surface area contributed by atoms with Crippen LogP contribution < -0.4 is 0 Å². The number of aromatic nitrogens is 2. The molecule has 0 bridgehead atoms. The first-order valence-electron chi connectivity index (χ1n) is 5.21. The van der Waals surface area contributed by atoms with Crippen molar-refractivity contribution in [3.8, 4) is 11.4 Å². The highest BCUT2D eigenvalue weighted by Crippen LogP contribution is 2.30. The Morgan fingerprint density at radius 1 is 1.22 bits per heavy atom. The second-order valence-electron chi connectivity index (χ2n) is 3.87. The summed E-state index contributed by atoms with van der Waals surface area (Å²) in [5.41, 5.74) is 1.45. The van der Waals surface area contributed by atoms with Crippen molar-refractivity contribution in [2.24, 2.45) is 0 Å². The average molecular weight is 275 g/mol. The molecule has 0 spiro atoms. The second kappa shape index (κ2) is 4.65. The fraction of sp³-hybridized carbons (Fsp3) is 0.250. The molecule has 0 unspecified atom stereocenters. The molecule has 0 saturated heterocycles. The van der Waals surface area contributed by atoms with Crippen LogP contribution in [0.5, 0.6) is 0 Å². The van der Waals surface area contributed by atoms with Gasteiger partial charge in [-0.3, -0.25) is 0 Å². The predicted molar refractivity (Wildman–Crippen MR) is 63.3 cm³/mol. The van der Waals surface area contributed by atoms with E-state index >= 15 is 0 Å². The molecule has 1 aromatic carbocycles. The molecular weight excluding hydrogens is 265 g/mol. The lowest BCUT2D eigenvalue weighted by Gasteiger charge is -2.06. The highest BCUT2D eigenvalue weighted by molar-refractivity contribution is 6.17. The van der Waals surface area contributed by atoms with E-state index < -0.39 is 11.7 Å². The Kier molecular flexibility index (Phi) is 3.34. The van der Waals surface area contributed by atoms with Gasteiger partial charge in [0.05, 0.1) is 17.1 Å². The molecule has 0 saturated carbocycles. The number of rotatable bonds is 2. The van der Waals surface area contributed by atoms with Crippen molar-refractivity contribution in [1.82, 2.24) is 9.97 Å². The van der Waals surface area contributed by atoms with Gasteiger partial charge in [0, 0.05) is 11.3 Å². The smallest absolute Gasteiger partial charge is 0.342 e. The van der Waals surface area contributed by atoms with Crippen molar-refractivity contribution in [2.45, 2.75) is 19.0 Å². The van der Waals surface area contributed by atoms with Crippen LogP contribution >= 0.6 is 11.6 Å². The summed E-state index contributed by atoms with van der Waals surface area (Å²) < 4.78 is 37.2. The normalized spacial score (nSPS) is 11.8. The van der Waals surface area contributed by atoms with Gasteiger partial charge >= 0.3 is 6.18 Å². The van der Waals surface area contributed by atoms with Gasteiger partial charge < -0.3 is 4.98 Å². The fourth-order valence-electron chi connectivity index (χ4n) is 1.58. The number of halogens is 4. The number of alkyl halides is 4. The third-order valence-corrected chi connectivity index (χ3v) is 2.85. The number of benzene rings is 1. The van der Waals surface area contributed by atoms with Crippen molar-refractivity contribution in [3.05, 3.63) is 41.2 Å². The van der Waals surface area contributed by atoms with E-state index in [9.17, 15) is 13.2 Å². The van der Waals surface area contributed by atoms with Gasteiger partial charge in [0.2, 0.25) is 0 Å². The van der Waals surface area contributed by atoms with Crippen LogP contribution in [0.3, 0.4) is 0 Å². The molecular formula is C12H10ClF3N2. The van der Waals surface area contributed by atoms with Gasteiger partial charge in [-0.2, -0.15) is 13.2 Å². The molecule has 18 heavy (non-hydrogen) atoms. The van der Waals surface area contributed by atoms with Gasteiger partial charge in [0.15, 0.2) is 0 Å². The minimum atomic E-state index is -4.32. The van der Waals surface area contributed by atoms with Crippen molar-refractivity contribution < 1.29 is 13.2 Å². The lowest BCUT2D eigenvalue weighted by atomic mass is 10.1. The van der Waals surface area contributed by atoms with Crippen molar-refractivity contribution in [2.75, 3.05) is 0 Å². The third-order valence-electron chi connectivity index (χ3n) is 2.60. The van der Waals surface area contributed by atoms with Crippen LogP contribution in [0.25, 0.3) is 11.4 Å². The van der Waals surface area contributed by atoms with Gasteiger partial charge in [0.25, 0.3) is 0 Å². The minimum absolute atomic E-state index is 0.267. The molecule has 2 nitrogen and oxygen atoms in total. The van der Waals surface area contributed by atoms with Crippen LogP contribution in [0.1, 0.15) is 17.0 Å². The highest BCUT2D eigenvalue weighted by atomic mass is 35.5. The summed E-state index contributed by atoms with van der Waals surface area (Å²) in [6.07, 6.45) is -4.32. The molecule has 1 heterocycles. The summed E-state index contributed by atoms with van der Waals surface area (Å²) in [4.78, 5) is 7.21. The van der Waals surface area contributed by atoms with Gasteiger partial charge in [-0.25, -0.2) is 4.98 Å². The molecule has 0 aliphatic heterocycles. The maximum atomic E-state index is 12.4. The van der Waals surface area contributed by atoms with E-state index in [1.54, 1.807) is 0 Å². The molecule has 96 valence electrons. The van der Waals surface area contributed by atoms with E-state index in [0.717, 1.165) is 17.8 Å². The van der Waals surface area contributed by atoms with Crippen LogP contribution in [0.15, 0.2) is 24.3 Å². The zero-order valence-corrected chi connectivity index (χ0v) is 10.2. The zero-order valence-electron chi connectivity index (χ0n) is 9.48. The number of nitrogens with one attached hydrogen (secondary N) is 1. The number of hydrogen-bond donors (Lipinski definition) is 1. The Labute approximate surface area is 107 Å². The Hall–Kier alpha value is -1.49. The molecule has 1 aromatic heterocycles. The summed E-state index contributed by atoms with van der Waals surface area (Å²) in [5.74, 6) is 0.792. The molecule has 0 aliphatic carbocycles. The summed E-state index contributed by atoms with van der Waals surface area (Å²) >= 11 is 5.69. The van der Waals surface area contributed by atoms with E-state index in [4.69, 9.17) is 11.6 Å². The minimum Gasteiger partial charge on any atom is -0.342 e. The number of aryl methyl sites for hydroxylation is 1. The lowest BCUT2D eigenvalue weighted by Crippen LogP contribution is -2.04. The summed E-state index contributed by atoms with van der Waals surface area (Å²) in [6.45, 7) is 1.82. The van der Waals surface area contributed by atoms with Gasteiger partial charge in [0.1, 0.15) is 5.82 Å². The van der Waals surface area contributed by atoms with E-state index in [1.807, 2.05) is 6.92 Å². The molecule has 2 rings (SSSR count). The Balaban J connectivity index is 2.34. The van der Waals surface area contributed by atoms with Crippen molar-refractivity contribution in [3.63, 3.8) is 0 Å². The second-order valence-corrected chi connectivity index (χ2v) is 4.13. The topological polar surface area (TPSA) is 28.7 Å². The van der Waals surface area contributed by atoms with Gasteiger partial charge in [-0.05, 0) is 19.1 Å². The van der Waals surface area contributed by atoms with Gasteiger partial charge in [-0.1, -0.05) is 12.1 Å². The van der Waals surface area contributed by atoms with E-state index in [-0.39, 0.29) is 5.88 Å². The van der Waals surface area contributed by atoms with Crippen LogP contribution in [0, 0.1) is 6.92 Å². The number of hydrogen-bond acceptors (Lipinski definition) is 1. The fourth-order valence-corrected chi connectivity index (χ4v) is 1.84. The molecule has 0 fully saturated rings. The summed E-state index contributed by atoms with van der Waals surface area (Å²) in [6, 6.07) is 4.85. The van der Waals surface area contributed by atoms with Crippen molar-refractivity contribution in [1.29, 1.82) is 0 Å². The molecule has 2 aromatic rings. The quantitative estimate of drug-likeness (QED) is 0.819. The molecule has 6 heteroatoms. The largest absolute Gasteiger partial charge is 0.416 e. The maximum absolute atomic E-state index is 12.4. The third kappa shape index (κ3) is 2.51. The maximum Gasteiger partial charge on any atom is 0.416 e. The van der Waals surface area contributed by atoms with E-state index in [2.05, 4.69) is 9.97 Å². The van der Waals surface area contributed by atoms with E-state index in [1.165, 1.54) is 12.1 Å². The Morgan fingerprint density at radius 2 is 1.83 bits per heavy atom. The zero-order chi connectivity index (χ0) is 13.3. The van der Waals surface area contributed by atoms with E-state index in [0.29, 0.717) is 17.1 Å². The summed E-state index contributed by atoms with van der Waals surface area (Å²) in [5, 5.41) is 0. The summed E-state index contributed by atoms with van der Waals surface area (Å²) in [7, 11) is 0. The molecule has 1 N–H and O–H groups in total. The average Bonchev–Trinajstić information content (AvgIpc) is 2.69. The molecule has 0 amide bonds. The first-order chi connectivity index (χ1) is 8.41. The first-order valence-corrected chi connectivity index (χ1v) is 5.74. The monoisotopic (exact) mass is 274 g/mol. The Morgan fingerprint density at radius 3 is 2.28 bits per heavy atom. The number of imidazole rings is 1. The van der Waals surface area contributed by atoms with Crippen LogP contribution in [-0.2, 0) is 12.1 Å². The van der Waals surface area contributed by atoms with Crippen LogP contribution in [0.4, 0.5) is 13.2 Å². The van der Waals surface area contributed by atoms with Crippen molar-refractivity contribution >= 4 is 11.6 Å². The predicted octanol–water partition coefficient (Wildman–Crippen LogP) is 4.14. The number of aromatic amines is 1. The lowest BCUT2D eigenvalue weighted by molar-refractivity contribution is -0.137. The van der Waals surface area contributed by atoms with Crippen LogP contribution in [0.2, 0.25) is 0 Å². The first kappa shape index (κ1) is 13.0.